The van der Waals surface area contributed by atoms with Crippen LogP contribution < -0.4 is 10.5 Å². The number of unbranched alkanes of at least 4 members (excludes halogenated alkanes) is 1. The van der Waals surface area contributed by atoms with Gasteiger partial charge in [-0.2, -0.15) is 0 Å². The lowest BCUT2D eigenvalue weighted by atomic mass is 10.2. The fraction of sp³-hybridized carbons (Fsp3) is 0.588. The molecule has 0 spiro atoms. The predicted octanol–water partition coefficient (Wildman–Crippen LogP) is 2.20. The topological polar surface area (TPSA) is 68.0 Å². The Morgan fingerprint density at radius 2 is 1.91 bits per heavy atom. The zero-order valence-electron chi connectivity index (χ0n) is 13.9. The van der Waals surface area contributed by atoms with Gasteiger partial charge in [-0.05, 0) is 38.4 Å². The molecule has 0 saturated carbocycles. The minimum absolute atomic E-state index is 0.194. The van der Waals surface area contributed by atoms with Crippen LogP contribution in [0.1, 0.15) is 19.8 Å². The van der Waals surface area contributed by atoms with Crippen LogP contribution in [0, 0.1) is 0 Å². The van der Waals surface area contributed by atoms with Crippen LogP contribution in [0.4, 0.5) is 10.5 Å². The fourth-order valence-electron chi connectivity index (χ4n) is 2.60. The van der Waals surface area contributed by atoms with Crippen LogP contribution in [0.5, 0.6) is 5.75 Å². The second-order valence-corrected chi connectivity index (χ2v) is 5.62. The molecule has 1 aliphatic heterocycles. The monoisotopic (exact) mass is 321 g/mol. The third kappa shape index (κ3) is 5.63. The van der Waals surface area contributed by atoms with Crippen molar-refractivity contribution >= 4 is 11.8 Å². The maximum Gasteiger partial charge on any atom is 0.409 e. The normalized spacial score (nSPS) is 15.4. The zero-order valence-corrected chi connectivity index (χ0v) is 13.9. The van der Waals surface area contributed by atoms with Crippen LogP contribution in [-0.2, 0) is 4.74 Å². The number of ether oxygens (including phenoxy) is 2. The maximum absolute atomic E-state index is 11.6. The van der Waals surface area contributed by atoms with Gasteiger partial charge in [0.2, 0.25) is 0 Å². The first-order valence-corrected chi connectivity index (χ1v) is 8.32. The number of carbonyl (C=O) groups is 1. The lowest BCUT2D eigenvalue weighted by Gasteiger charge is -2.33. The lowest BCUT2D eigenvalue weighted by Crippen LogP contribution is -2.49. The van der Waals surface area contributed by atoms with Gasteiger partial charge in [0.05, 0.1) is 18.9 Å². The summed E-state index contributed by atoms with van der Waals surface area (Å²) in [5.74, 6) is 0.760. The van der Waals surface area contributed by atoms with E-state index in [0.29, 0.717) is 18.9 Å². The Morgan fingerprint density at radius 1 is 1.17 bits per heavy atom. The van der Waals surface area contributed by atoms with E-state index in [1.165, 1.54) is 0 Å². The summed E-state index contributed by atoms with van der Waals surface area (Å²) in [6, 6.07) is 7.56. The first-order valence-electron chi connectivity index (χ1n) is 8.32. The Morgan fingerprint density at radius 3 is 2.61 bits per heavy atom. The molecule has 1 amide bonds. The number of para-hydroxylation sites is 2. The first kappa shape index (κ1) is 17.4. The average molecular weight is 321 g/mol. The Balaban J connectivity index is 1.56. The Hall–Kier alpha value is -1.95. The molecule has 0 aliphatic carbocycles. The Bertz CT molecular complexity index is 488. The van der Waals surface area contributed by atoms with Gasteiger partial charge in [0.15, 0.2) is 0 Å². The first-order chi connectivity index (χ1) is 11.2. The standard InChI is InChI=1S/C17H27N3O3/c1-2-22-17(21)20-12-10-19(11-13-20)9-5-6-14-23-16-8-4-3-7-15(16)18/h3-4,7-8H,2,5-6,9-14,18H2,1H3. The molecule has 1 aliphatic rings. The highest BCUT2D eigenvalue weighted by Crippen LogP contribution is 2.19. The van der Waals surface area contributed by atoms with Crippen molar-refractivity contribution in [3.63, 3.8) is 0 Å². The molecule has 0 radical (unpaired) electrons. The van der Waals surface area contributed by atoms with Gasteiger partial charge >= 0.3 is 6.09 Å². The van der Waals surface area contributed by atoms with Crippen LogP contribution in [-0.4, -0.2) is 61.8 Å². The summed E-state index contributed by atoms with van der Waals surface area (Å²) in [4.78, 5) is 15.8. The average Bonchev–Trinajstić information content (AvgIpc) is 2.57. The molecule has 2 N–H and O–H groups in total. The van der Waals surface area contributed by atoms with Crippen LogP contribution >= 0.6 is 0 Å². The molecule has 0 atom stereocenters. The molecule has 1 aromatic carbocycles. The largest absolute Gasteiger partial charge is 0.491 e. The van der Waals surface area contributed by atoms with Crippen molar-refractivity contribution in [3.8, 4) is 5.75 Å². The van der Waals surface area contributed by atoms with Gasteiger partial charge in [-0.25, -0.2) is 4.79 Å². The second-order valence-electron chi connectivity index (χ2n) is 5.62. The number of amides is 1. The van der Waals surface area contributed by atoms with Crippen molar-refractivity contribution in [3.05, 3.63) is 24.3 Å². The van der Waals surface area contributed by atoms with Crippen LogP contribution in [0.15, 0.2) is 24.3 Å². The summed E-state index contributed by atoms with van der Waals surface area (Å²) in [7, 11) is 0. The van der Waals surface area contributed by atoms with Gasteiger partial charge in [0, 0.05) is 26.2 Å². The van der Waals surface area contributed by atoms with E-state index >= 15 is 0 Å². The molecular formula is C17H27N3O3. The van der Waals surface area contributed by atoms with Gasteiger partial charge in [-0.3, -0.25) is 4.90 Å². The maximum atomic E-state index is 11.6. The van der Waals surface area contributed by atoms with Crippen molar-refractivity contribution in [2.24, 2.45) is 0 Å². The Kier molecular flexibility index (Phi) is 7.00. The number of nitrogen functional groups attached to an aromatic ring is 1. The number of nitrogens with two attached hydrogens (primary N) is 1. The van der Waals surface area contributed by atoms with Crippen molar-refractivity contribution in [2.45, 2.75) is 19.8 Å². The molecule has 6 heteroatoms. The van der Waals surface area contributed by atoms with E-state index in [1.54, 1.807) is 4.90 Å². The minimum Gasteiger partial charge on any atom is -0.491 e. The number of hydrogen-bond donors (Lipinski definition) is 1. The molecule has 128 valence electrons. The third-order valence-electron chi connectivity index (χ3n) is 3.94. The quantitative estimate of drug-likeness (QED) is 0.616. The molecule has 0 aromatic heterocycles. The van der Waals surface area contributed by atoms with E-state index in [-0.39, 0.29) is 6.09 Å². The number of rotatable bonds is 7. The van der Waals surface area contributed by atoms with Crippen molar-refractivity contribution in [1.29, 1.82) is 0 Å². The van der Waals surface area contributed by atoms with Crippen LogP contribution in [0.25, 0.3) is 0 Å². The minimum atomic E-state index is -0.194. The Labute approximate surface area is 138 Å². The van der Waals surface area contributed by atoms with Crippen LogP contribution in [0.2, 0.25) is 0 Å². The van der Waals surface area contributed by atoms with Gasteiger partial charge in [0.25, 0.3) is 0 Å². The summed E-state index contributed by atoms with van der Waals surface area (Å²) in [6.07, 6.45) is 1.87. The summed E-state index contributed by atoms with van der Waals surface area (Å²) < 4.78 is 10.7. The summed E-state index contributed by atoms with van der Waals surface area (Å²) in [5, 5.41) is 0. The summed E-state index contributed by atoms with van der Waals surface area (Å²) in [5.41, 5.74) is 6.52. The third-order valence-corrected chi connectivity index (χ3v) is 3.94. The van der Waals surface area contributed by atoms with Crippen molar-refractivity contribution in [2.75, 3.05) is 51.7 Å². The highest BCUT2D eigenvalue weighted by molar-refractivity contribution is 5.67. The number of anilines is 1. The van der Waals surface area contributed by atoms with E-state index < -0.39 is 0 Å². The molecule has 1 aromatic rings. The molecule has 2 rings (SSSR count). The summed E-state index contributed by atoms with van der Waals surface area (Å²) >= 11 is 0. The molecule has 0 unspecified atom stereocenters. The zero-order chi connectivity index (χ0) is 16.5. The van der Waals surface area contributed by atoms with E-state index in [0.717, 1.165) is 51.3 Å². The SMILES string of the molecule is CCOC(=O)N1CCN(CCCCOc2ccccc2N)CC1. The van der Waals surface area contributed by atoms with E-state index in [4.69, 9.17) is 15.2 Å². The molecular weight excluding hydrogens is 294 g/mol. The number of benzene rings is 1. The van der Waals surface area contributed by atoms with Gasteiger partial charge in [-0.1, -0.05) is 12.1 Å². The predicted molar refractivity (Wildman–Crippen MR) is 90.6 cm³/mol. The van der Waals surface area contributed by atoms with Crippen molar-refractivity contribution in [1.82, 2.24) is 9.80 Å². The summed E-state index contributed by atoms with van der Waals surface area (Å²) in [6.45, 7) is 7.29. The highest BCUT2D eigenvalue weighted by Gasteiger charge is 2.21. The molecule has 23 heavy (non-hydrogen) atoms. The van der Waals surface area contributed by atoms with Crippen molar-refractivity contribution < 1.29 is 14.3 Å². The molecule has 0 bridgehead atoms. The van der Waals surface area contributed by atoms with Gasteiger partial charge in [-0.15, -0.1) is 0 Å². The molecule has 1 heterocycles. The number of hydrogen-bond acceptors (Lipinski definition) is 5. The second kappa shape index (κ2) is 9.25. The van der Waals surface area contributed by atoms with E-state index in [9.17, 15) is 4.79 Å². The van der Waals surface area contributed by atoms with E-state index in [1.807, 2.05) is 31.2 Å². The van der Waals surface area contributed by atoms with E-state index in [2.05, 4.69) is 4.90 Å². The molecule has 1 saturated heterocycles. The highest BCUT2D eigenvalue weighted by atomic mass is 16.6. The number of carbonyl (C=O) groups excluding carboxylic acids is 1. The number of piperazine rings is 1. The van der Waals surface area contributed by atoms with Gasteiger partial charge in [0.1, 0.15) is 5.75 Å². The number of nitrogens with zero attached hydrogens (tertiary/aromatic N) is 2. The molecule has 1 fully saturated rings. The lowest BCUT2D eigenvalue weighted by molar-refractivity contribution is 0.0789. The van der Waals surface area contributed by atoms with Gasteiger partial charge < -0.3 is 20.1 Å². The fourth-order valence-corrected chi connectivity index (χ4v) is 2.60. The molecule has 6 nitrogen and oxygen atoms in total. The smallest absolute Gasteiger partial charge is 0.409 e. The van der Waals surface area contributed by atoms with Crippen LogP contribution in [0.3, 0.4) is 0 Å².